The molecule has 0 aliphatic heterocycles. The van der Waals surface area contributed by atoms with Crippen LogP contribution in [0.4, 0.5) is 0 Å². The number of hydrogen-bond acceptors (Lipinski definition) is 3. The average Bonchev–Trinajstić information content (AvgIpc) is 2.37. The SMILES string of the molecule is CCCC(=O)SC(C[N+](C)(C)C)C(=O)c1ccccc1. The molecule has 0 N–H and O–H groups in total. The van der Waals surface area contributed by atoms with Crippen LogP contribution >= 0.6 is 11.8 Å². The van der Waals surface area contributed by atoms with Gasteiger partial charge >= 0.3 is 0 Å². The Morgan fingerprint density at radius 1 is 1.15 bits per heavy atom. The monoisotopic (exact) mass is 294 g/mol. The normalized spacial score (nSPS) is 13.0. The van der Waals surface area contributed by atoms with Crippen LogP contribution in [0.3, 0.4) is 0 Å². The highest BCUT2D eigenvalue weighted by Gasteiger charge is 2.28. The lowest BCUT2D eigenvalue weighted by atomic mass is 10.1. The second kappa shape index (κ2) is 7.60. The van der Waals surface area contributed by atoms with E-state index < -0.39 is 0 Å². The lowest BCUT2D eigenvalue weighted by molar-refractivity contribution is -0.868. The first-order valence-electron chi connectivity index (χ1n) is 6.92. The summed E-state index contributed by atoms with van der Waals surface area (Å²) >= 11 is 1.20. The molecule has 0 aliphatic rings. The summed E-state index contributed by atoms with van der Waals surface area (Å²) in [4.78, 5) is 24.5. The van der Waals surface area contributed by atoms with Gasteiger partial charge in [0.1, 0.15) is 5.25 Å². The van der Waals surface area contributed by atoms with E-state index in [0.717, 1.165) is 6.42 Å². The smallest absolute Gasteiger partial charge is 0.189 e. The van der Waals surface area contributed by atoms with Gasteiger partial charge in [0, 0.05) is 12.0 Å². The van der Waals surface area contributed by atoms with Crippen LogP contribution in [0.1, 0.15) is 30.1 Å². The van der Waals surface area contributed by atoms with Gasteiger partial charge in [-0.05, 0) is 6.42 Å². The van der Waals surface area contributed by atoms with Crippen molar-refractivity contribution >= 4 is 22.7 Å². The summed E-state index contributed by atoms with van der Waals surface area (Å²) < 4.78 is 0.662. The molecule has 0 fully saturated rings. The topological polar surface area (TPSA) is 34.1 Å². The fourth-order valence-electron chi connectivity index (χ4n) is 1.88. The molecule has 1 aromatic rings. The molecule has 20 heavy (non-hydrogen) atoms. The molecule has 1 atom stereocenters. The number of quaternary nitrogens is 1. The van der Waals surface area contributed by atoms with Gasteiger partial charge in [-0.1, -0.05) is 49.0 Å². The lowest BCUT2D eigenvalue weighted by Gasteiger charge is -2.28. The highest BCUT2D eigenvalue weighted by molar-refractivity contribution is 8.14. The third-order valence-corrected chi connectivity index (χ3v) is 3.91. The van der Waals surface area contributed by atoms with E-state index in [-0.39, 0.29) is 16.1 Å². The first-order valence-corrected chi connectivity index (χ1v) is 7.80. The van der Waals surface area contributed by atoms with E-state index >= 15 is 0 Å². The zero-order valence-electron chi connectivity index (χ0n) is 12.8. The predicted octanol–water partition coefficient (Wildman–Crippen LogP) is 3.00. The zero-order valence-corrected chi connectivity index (χ0v) is 13.6. The van der Waals surface area contributed by atoms with Gasteiger partial charge in [-0.25, -0.2) is 0 Å². The third kappa shape index (κ3) is 5.88. The highest BCUT2D eigenvalue weighted by atomic mass is 32.2. The Hall–Kier alpha value is -1.13. The zero-order chi connectivity index (χ0) is 15.2. The van der Waals surface area contributed by atoms with E-state index in [1.165, 1.54) is 11.8 Å². The van der Waals surface area contributed by atoms with Crippen molar-refractivity contribution in [2.75, 3.05) is 27.7 Å². The van der Waals surface area contributed by atoms with E-state index in [1.807, 2.05) is 58.4 Å². The number of benzene rings is 1. The number of ketones is 1. The summed E-state index contributed by atoms with van der Waals surface area (Å²) in [6, 6.07) is 9.23. The van der Waals surface area contributed by atoms with Crippen molar-refractivity contribution in [2.45, 2.75) is 25.0 Å². The van der Waals surface area contributed by atoms with Crippen LogP contribution in [0.15, 0.2) is 30.3 Å². The number of carbonyl (C=O) groups excluding carboxylic acids is 2. The van der Waals surface area contributed by atoms with Crippen molar-refractivity contribution in [3.8, 4) is 0 Å². The number of rotatable bonds is 7. The molecule has 4 heteroatoms. The molecule has 0 saturated carbocycles. The maximum atomic E-state index is 12.6. The minimum atomic E-state index is -0.309. The summed E-state index contributed by atoms with van der Waals surface area (Å²) in [6.45, 7) is 2.63. The van der Waals surface area contributed by atoms with Gasteiger partial charge in [0.25, 0.3) is 0 Å². The molecule has 0 aromatic heterocycles. The number of Topliss-reactive ketones (excluding diaryl/α,β-unsaturated/α-hetero) is 1. The molecular weight excluding hydrogens is 270 g/mol. The molecule has 0 radical (unpaired) electrons. The van der Waals surface area contributed by atoms with Crippen LogP contribution in [-0.2, 0) is 4.79 Å². The Morgan fingerprint density at radius 3 is 2.25 bits per heavy atom. The van der Waals surface area contributed by atoms with E-state index in [1.54, 1.807) is 0 Å². The van der Waals surface area contributed by atoms with E-state index in [9.17, 15) is 9.59 Å². The van der Waals surface area contributed by atoms with E-state index in [0.29, 0.717) is 23.0 Å². The maximum Gasteiger partial charge on any atom is 0.189 e. The second-order valence-electron chi connectivity index (χ2n) is 5.93. The van der Waals surface area contributed by atoms with Crippen molar-refractivity contribution in [3.05, 3.63) is 35.9 Å². The van der Waals surface area contributed by atoms with Gasteiger partial charge in [0.2, 0.25) is 0 Å². The molecule has 0 heterocycles. The summed E-state index contributed by atoms with van der Waals surface area (Å²) in [5.41, 5.74) is 0.683. The summed E-state index contributed by atoms with van der Waals surface area (Å²) in [7, 11) is 6.11. The van der Waals surface area contributed by atoms with Crippen LogP contribution in [0.2, 0.25) is 0 Å². The fourth-order valence-corrected chi connectivity index (χ4v) is 3.29. The Bertz CT molecular complexity index is 451. The van der Waals surface area contributed by atoms with Crippen molar-refractivity contribution < 1.29 is 14.1 Å². The molecule has 0 bridgehead atoms. The largest absolute Gasteiger partial charge is 0.330 e. The Morgan fingerprint density at radius 2 is 1.75 bits per heavy atom. The quantitative estimate of drug-likeness (QED) is 0.572. The molecule has 1 rings (SSSR count). The first kappa shape index (κ1) is 16.9. The van der Waals surface area contributed by atoms with Crippen molar-refractivity contribution in [3.63, 3.8) is 0 Å². The Labute approximate surface area is 125 Å². The van der Waals surface area contributed by atoms with Crippen LogP contribution in [0, 0.1) is 0 Å². The molecule has 1 aromatic carbocycles. The van der Waals surface area contributed by atoms with Crippen LogP contribution < -0.4 is 0 Å². The minimum absolute atomic E-state index is 0.0492. The van der Waals surface area contributed by atoms with Gasteiger partial charge in [0.15, 0.2) is 10.9 Å². The number of thioether (sulfide) groups is 1. The number of hydrogen-bond donors (Lipinski definition) is 0. The van der Waals surface area contributed by atoms with Gasteiger partial charge < -0.3 is 4.48 Å². The minimum Gasteiger partial charge on any atom is -0.330 e. The predicted molar refractivity (Wildman–Crippen MR) is 85.0 cm³/mol. The van der Waals surface area contributed by atoms with E-state index in [4.69, 9.17) is 0 Å². The Balaban J connectivity index is 2.87. The van der Waals surface area contributed by atoms with Gasteiger partial charge in [-0.2, -0.15) is 0 Å². The van der Waals surface area contributed by atoms with Crippen molar-refractivity contribution in [2.24, 2.45) is 0 Å². The number of nitrogens with zero attached hydrogens (tertiary/aromatic N) is 1. The van der Waals surface area contributed by atoms with Crippen LogP contribution in [0.25, 0.3) is 0 Å². The summed E-state index contributed by atoms with van der Waals surface area (Å²) in [5, 5.41) is -0.202. The molecule has 0 amide bonds. The molecule has 3 nitrogen and oxygen atoms in total. The summed E-state index contributed by atoms with van der Waals surface area (Å²) in [6.07, 6.45) is 1.35. The van der Waals surface area contributed by atoms with Gasteiger partial charge in [-0.15, -0.1) is 0 Å². The first-order chi connectivity index (χ1) is 9.33. The maximum absolute atomic E-state index is 12.6. The van der Waals surface area contributed by atoms with Crippen LogP contribution in [-0.4, -0.2) is 48.3 Å². The average molecular weight is 294 g/mol. The summed E-state index contributed by atoms with van der Waals surface area (Å²) in [5.74, 6) is 0.0492. The lowest BCUT2D eigenvalue weighted by Crippen LogP contribution is -2.43. The highest BCUT2D eigenvalue weighted by Crippen LogP contribution is 2.21. The third-order valence-electron chi connectivity index (χ3n) is 2.79. The standard InChI is InChI=1S/C16H24NO2S/c1-5-9-15(18)20-14(12-17(2,3)4)16(19)13-10-7-6-8-11-13/h6-8,10-11,14H,5,9,12H2,1-4H3/q+1. The molecule has 0 spiro atoms. The van der Waals surface area contributed by atoms with Crippen molar-refractivity contribution in [1.82, 2.24) is 0 Å². The second-order valence-corrected chi connectivity index (χ2v) is 7.19. The molecular formula is C16H24NO2S+. The Kier molecular flexibility index (Phi) is 6.43. The van der Waals surface area contributed by atoms with Crippen LogP contribution in [0.5, 0.6) is 0 Å². The van der Waals surface area contributed by atoms with E-state index in [2.05, 4.69) is 0 Å². The fraction of sp³-hybridized carbons (Fsp3) is 0.500. The molecule has 1 unspecified atom stereocenters. The molecule has 0 saturated heterocycles. The molecule has 0 aliphatic carbocycles. The van der Waals surface area contributed by atoms with Gasteiger partial charge in [0.05, 0.1) is 27.7 Å². The molecule has 110 valence electrons. The van der Waals surface area contributed by atoms with Gasteiger partial charge in [-0.3, -0.25) is 9.59 Å². The van der Waals surface area contributed by atoms with Crippen molar-refractivity contribution in [1.29, 1.82) is 0 Å². The number of carbonyl (C=O) groups is 2.